The number of benzene rings is 2. The summed E-state index contributed by atoms with van der Waals surface area (Å²) in [5.41, 5.74) is 3.92. The van der Waals surface area contributed by atoms with E-state index in [0.717, 1.165) is 35.6 Å². The highest BCUT2D eigenvalue weighted by molar-refractivity contribution is 5.97. The standard InChI is InChI=1S/C22H26N4O3/c1-3-20(27)25-19-7-4-6-18(15(19)2)23-14-21(28)24-16-9-11-17(12-10-16)26-13-5-8-22(26)29/h4,6-7,9-12,23H,3,5,8,13-14H2,1-2H3,(H,24,28)(H,25,27). The molecule has 0 radical (unpaired) electrons. The molecule has 0 atom stereocenters. The molecule has 0 aliphatic carbocycles. The van der Waals surface area contributed by atoms with Crippen LogP contribution in [0.3, 0.4) is 0 Å². The number of carbonyl (C=O) groups excluding carboxylic acids is 3. The van der Waals surface area contributed by atoms with Crippen LogP contribution in [-0.2, 0) is 14.4 Å². The van der Waals surface area contributed by atoms with Gasteiger partial charge >= 0.3 is 0 Å². The maximum atomic E-state index is 12.3. The van der Waals surface area contributed by atoms with Crippen molar-refractivity contribution >= 4 is 40.5 Å². The second kappa shape index (κ2) is 9.23. The number of nitrogens with one attached hydrogen (secondary N) is 3. The molecule has 2 aromatic carbocycles. The molecular weight excluding hydrogens is 368 g/mol. The van der Waals surface area contributed by atoms with Gasteiger partial charge in [-0.2, -0.15) is 0 Å². The normalized spacial score (nSPS) is 13.3. The number of anilines is 4. The van der Waals surface area contributed by atoms with Crippen molar-refractivity contribution in [1.82, 2.24) is 0 Å². The van der Waals surface area contributed by atoms with E-state index in [2.05, 4.69) is 16.0 Å². The summed E-state index contributed by atoms with van der Waals surface area (Å²) in [5, 5.41) is 8.80. The molecule has 1 fully saturated rings. The summed E-state index contributed by atoms with van der Waals surface area (Å²) in [6.07, 6.45) is 1.88. The molecule has 29 heavy (non-hydrogen) atoms. The first-order valence-electron chi connectivity index (χ1n) is 9.81. The zero-order valence-electron chi connectivity index (χ0n) is 16.7. The fourth-order valence-corrected chi connectivity index (χ4v) is 3.23. The topological polar surface area (TPSA) is 90.5 Å². The van der Waals surface area contributed by atoms with Crippen LogP contribution in [0.1, 0.15) is 31.7 Å². The summed E-state index contributed by atoms with van der Waals surface area (Å²) in [5.74, 6) is -0.0989. The van der Waals surface area contributed by atoms with Crippen molar-refractivity contribution in [3.63, 3.8) is 0 Å². The Labute approximate surface area is 170 Å². The Morgan fingerprint density at radius 1 is 1.00 bits per heavy atom. The molecule has 0 unspecified atom stereocenters. The van der Waals surface area contributed by atoms with Crippen molar-refractivity contribution < 1.29 is 14.4 Å². The number of nitrogens with zero attached hydrogens (tertiary/aromatic N) is 1. The minimum atomic E-state index is -0.183. The molecule has 0 saturated carbocycles. The van der Waals surface area contributed by atoms with E-state index in [9.17, 15) is 14.4 Å². The Morgan fingerprint density at radius 2 is 1.72 bits per heavy atom. The van der Waals surface area contributed by atoms with Crippen molar-refractivity contribution in [3.05, 3.63) is 48.0 Å². The van der Waals surface area contributed by atoms with Crippen LogP contribution < -0.4 is 20.9 Å². The van der Waals surface area contributed by atoms with E-state index in [4.69, 9.17) is 0 Å². The lowest BCUT2D eigenvalue weighted by Crippen LogP contribution is -2.24. The predicted molar refractivity (Wildman–Crippen MR) is 115 cm³/mol. The van der Waals surface area contributed by atoms with Gasteiger partial charge in [-0.25, -0.2) is 0 Å². The number of hydrogen-bond donors (Lipinski definition) is 3. The summed E-state index contributed by atoms with van der Waals surface area (Å²) in [7, 11) is 0. The van der Waals surface area contributed by atoms with Gasteiger partial charge in [0.25, 0.3) is 0 Å². The summed E-state index contributed by atoms with van der Waals surface area (Å²) >= 11 is 0. The summed E-state index contributed by atoms with van der Waals surface area (Å²) in [6, 6.07) is 12.8. The molecule has 2 aromatic rings. The van der Waals surface area contributed by atoms with Gasteiger partial charge in [0.15, 0.2) is 0 Å². The van der Waals surface area contributed by atoms with Crippen LogP contribution >= 0.6 is 0 Å². The highest BCUT2D eigenvalue weighted by Crippen LogP contribution is 2.24. The minimum absolute atomic E-state index is 0.0536. The summed E-state index contributed by atoms with van der Waals surface area (Å²) < 4.78 is 0. The molecule has 1 aliphatic rings. The Hall–Kier alpha value is -3.35. The van der Waals surface area contributed by atoms with Gasteiger partial charge < -0.3 is 20.9 Å². The van der Waals surface area contributed by atoms with Crippen LogP contribution in [-0.4, -0.2) is 30.8 Å². The Kier molecular flexibility index (Phi) is 6.49. The number of amides is 3. The monoisotopic (exact) mass is 394 g/mol. The van der Waals surface area contributed by atoms with Crippen molar-refractivity contribution in [1.29, 1.82) is 0 Å². The average Bonchev–Trinajstić information content (AvgIpc) is 3.15. The molecule has 0 aromatic heterocycles. The third kappa shape index (κ3) is 5.13. The second-order valence-electron chi connectivity index (χ2n) is 6.98. The summed E-state index contributed by atoms with van der Waals surface area (Å²) in [6.45, 7) is 4.53. The average molecular weight is 394 g/mol. The lowest BCUT2D eigenvalue weighted by molar-refractivity contribution is -0.117. The minimum Gasteiger partial charge on any atom is -0.376 e. The number of carbonyl (C=O) groups is 3. The fraction of sp³-hybridized carbons (Fsp3) is 0.318. The van der Waals surface area contributed by atoms with Crippen LogP contribution in [0.4, 0.5) is 22.7 Å². The zero-order chi connectivity index (χ0) is 20.8. The Morgan fingerprint density at radius 3 is 2.38 bits per heavy atom. The van der Waals surface area contributed by atoms with Crippen molar-refractivity contribution in [2.24, 2.45) is 0 Å². The highest BCUT2D eigenvalue weighted by Gasteiger charge is 2.21. The molecule has 152 valence electrons. The molecular formula is C22H26N4O3. The maximum absolute atomic E-state index is 12.3. The molecule has 0 bridgehead atoms. The summed E-state index contributed by atoms with van der Waals surface area (Å²) in [4.78, 5) is 37.5. The van der Waals surface area contributed by atoms with E-state index < -0.39 is 0 Å². The third-order valence-electron chi connectivity index (χ3n) is 4.90. The van der Waals surface area contributed by atoms with Gasteiger partial charge in [-0.05, 0) is 55.3 Å². The number of hydrogen-bond acceptors (Lipinski definition) is 4. The largest absolute Gasteiger partial charge is 0.376 e. The van der Waals surface area contributed by atoms with Crippen LogP contribution in [0.25, 0.3) is 0 Å². The molecule has 1 saturated heterocycles. The number of rotatable bonds is 7. The maximum Gasteiger partial charge on any atom is 0.243 e. The molecule has 1 heterocycles. The van der Waals surface area contributed by atoms with E-state index in [1.807, 2.05) is 37.3 Å². The van der Waals surface area contributed by atoms with E-state index >= 15 is 0 Å². The molecule has 7 nitrogen and oxygen atoms in total. The Bertz CT molecular complexity index is 909. The van der Waals surface area contributed by atoms with Gasteiger partial charge in [-0.15, -0.1) is 0 Å². The lowest BCUT2D eigenvalue weighted by atomic mass is 10.1. The van der Waals surface area contributed by atoms with E-state index in [-0.39, 0.29) is 24.3 Å². The molecule has 3 amide bonds. The fourth-order valence-electron chi connectivity index (χ4n) is 3.23. The van der Waals surface area contributed by atoms with Gasteiger partial charge in [0.2, 0.25) is 17.7 Å². The quantitative estimate of drug-likeness (QED) is 0.670. The highest BCUT2D eigenvalue weighted by atomic mass is 16.2. The molecule has 3 N–H and O–H groups in total. The molecule has 1 aliphatic heterocycles. The van der Waals surface area contributed by atoms with Crippen molar-refractivity contribution in [2.45, 2.75) is 33.1 Å². The van der Waals surface area contributed by atoms with E-state index in [1.54, 1.807) is 24.0 Å². The SMILES string of the molecule is CCC(=O)Nc1cccc(NCC(=O)Nc2ccc(N3CCCC3=O)cc2)c1C. The van der Waals surface area contributed by atoms with E-state index in [1.165, 1.54) is 0 Å². The predicted octanol–water partition coefficient (Wildman–Crippen LogP) is 3.52. The molecule has 0 spiro atoms. The van der Waals surface area contributed by atoms with Crippen molar-refractivity contribution in [3.8, 4) is 0 Å². The van der Waals surface area contributed by atoms with Gasteiger partial charge in [0.05, 0.1) is 6.54 Å². The zero-order valence-corrected chi connectivity index (χ0v) is 16.7. The molecule has 3 rings (SSSR count). The van der Waals surface area contributed by atoms with Gasteiger partial charge in [-0.3, -0.25) is 14.4 Å². The lowest BCUT2D eigenvalue weighted by Gasteiger charge is -2.16. The third-order valence-corrected chi connectivity index (χ3v) is 4.90. The van der Waals surface area contributed by atoms with Gasteiger partial charge in [0, 0.05) is 42.1 Å². The Balaban J connectivity index is 1.55. The van der Waals surface area contributed by atoms with Crippen LogP contribution in [0.5, 0.6) is 0 Å². The van der Waals surface area contributed by atoms with Crippen molar-refractivity contribution in [2.75, 3.05) is 33.9 Å². The van der Waals surface area contributed by atoms with Crippen LogP contribution in [0.15, 0.2) is 42.5 Å². The van der Waals surface area contributed by atoms with Crippen LogP contribution in [0.2, 0.25) is 0 Å². The van der Waals surface area contributed by atoms with Crippen LogP contribution in [0, 0.1) is 6.92 Å². The second-order valence-corrected chi connectivity index (χ2v) is 6.98. The molecule has 7 heteroatoms. The van der Waals surface area contributed by atoms with E-state index in [0.29, 0.717) is 18.5 Å². The first-order chi connectivity index (χ1) is 14.0. The smallest absolute Gasteiger partial charge is 0.243 e. The first kappa shape index (κ1) is 20.4. The van der Waals surface area contributed by atoms with Gasteiger partial charge in [0.1, 0.15) is 0 Å². The first-order valence-corrected chi connectivity index (χ1v) is 9.81. The van der Waals surface area contributed by atoms with Gasteiger partial charge in [-0.1, -0.05) is 13.0 Å².